The van der Waals surface area contributed by atoms with Crippen LogP contribution in [0.2, 0.25) is 0 Å². The third-order valence-corrected chi connectivity index (χ3v) is 8.82. The quantitative estimate of drug-likeness (QED) is 0.275. The van der Waals surface area contributed by atoms with Gasteiger partial charge in [-0.2, -0.15) is 10.8 Å². The van der Waals surface area contributed by atoms with Gasteiger partial charge in [-0.05, 0) is 62.5 Å². The molecule has 1 saturated carbocycles. The number of carboxylic acid groups (broad SMARTS) is 1. The Hall–Kier alpha value is -4.12. The highest BCUT2D eigenvalue weighted by molar-refractivity contribution is 6.00. The van der Waals surface area contributed by atoms with Crippen molar-refractivity contribution in [3.63, 3.8) is 0 Å². The number of likely N-dealkylation sites (N-methyl/N-ethyl adjacent to an activating group) is 1. The number of benzene rings is 2. The van der Waals surface area contributed by atoms with Gasteiger partial charge in [0.1, 0.15) is 30.3 Å². The number of carbonyl (C=O) groups is 2. The Balaban J connectivity index is 1.42. The molecule has 2 aromatic carbocycles. The van der Waals surface area contributed by atoms with Crippen LogP contribution in [0.25, 0.3) is 0 Å². The first-order chi connectivity index (χ1) is 20.2. The maximum atomic E-state index is 12.7. The van der Waals surface area contributed by atoms with Crippen LogP contribution >= 0.6 is 0 Å². The van der Waals surface area contributed by atoms with Gasteiger partial charge in [-0.25, -0.2) is 0 Å². The van der Waals surface area contributed by atoms with E-state index in [2.05, 4.69) is 4.99 Å². The second kappa shape index (κ2) is 12.0. The van der Waals surface area contributed by atoms with Gasteiger partial charge in [0.25, 0.3) is 5.84 Å². The number of primary amides is 1. The maximum Gasteiger partial charge on any atom is 0.311 e. The number of amidine groups is 1. The van der Waals surface area contributed by atoms with Gasteiger partial charge >= 0.3 is 5.97 Å². The molecule has 42 heavy (non-hydrogen) atoms. The SMILES string of the molecule is CCN(CC)C(C(N)=O)C1(C(=O)O)CCC(C2=C3C=NC=C[N+]3(N)C(c3cccc(OCc4ccccc4)c3)=N2)CC1. The van der Waals surface area contributed by atoms with E-state index in [1.54, 1.807) is 18.6 Å². The van der Waals surface area contributed by atoms with Crippen LogP contribution in [-0.4, -0.2) is 57.7 Å². The van der Waals surface area contributed by atoms with Gasteiger partial charge in [0.2, 0.25) is 11.6 Å². The summed E-state index contributed by atoms with van der Waals surface area (Å²) in [6.45, 7) is 5.34. The molecule has 2 aliphatic heterocycles. The number of amides is 1. The second-order valence-electron chi connectivity index (χ2n) is 11.1. The van der Waals surface area contributed by atoms with Crippen molar-refractivity contribution < 1.29 is 24.0 Å². The molecule has 1 fully saturated rings. The Morgan fingerprint density at radius 3 is 2.48 bits per heavy atom. The van der Waals surface area contributed by atoms with E-state index in [-0.39, 0.29) is 10.5 Å². The Bertz CT molecular complexity index is 1450. The maximum absolute atomic E-state index is 12.7. The zero-order valence-electron chi connectivity index (χ0n) is 24.1. The largest absolute Gasteiger partial charge is 0.489 e. The number of hydrogen-bond acceptors (Lipinski definition) is 7. The number of hydrogen-bond donors (Lipinski definition) is 3. The summed E-state index contributed by atoms with van der Waals surface area (Å²) in [5, 5.41) is 10.4. The van der Waals surface area contributed by atoms with E-state index in [0.29, 0.717) is 57.0 Å². The second-order valence-corrected chi connectivity index (χ2v) is 11.1. The van der Waals surface area contributed by atoms with Crippen molar-refractivity contribution >= 4 is 23.9 Å². The third kappa shape index (κ3) is 5.29. The smallest absolute Gasteiger partial charge is 0.311 e. The van der Waals surface area contributed by atoms with Gasteiger partial charge in [-0.1, -0.05) is 50.2 Å². The number of ether oxygens (including phenoxy) is 1. The molecule has 2 unspecified atom stereocenters. The molecule has 1 amide bonds. The molecule has 10 heteroatoms. The number of fused-ring (bicyclic) bond motifs is 1. The molecular formula is C32H39N6O4+. The van der Waals surface area contributed by atoms with Gasteiger partial charge in [0, 0.05) is 5.92 Å². The minimum absolute atomic E-state index is 0.0493. The standard InChI is InChI=1S/C32H38N6O4/c1-3-37(4-2)28(29(33)39)32(31(40)41)15-13-23(14-16-32)27-26-20-35-17-18-38(26,34)30(36-27)24-11-8-12-25(19-24)42-21-22-9-6-5-7-10-22/h5-12,17-20,23,28H,3-4,13-16,21,34H2,1-2H3,(H2-,33,39,40,41)/p+1. The summed E-state index contributed by atoms with van der Waals surface area (Å²) in [7, 11) is 0. The summed E-state index contributed by atoms with van der Waals surface area (Å²) >= 11 is 0. The average molecular weight is 572 g/mol. The summed E-state index contributed by atoms with van der Waals surface area (Å²) < 4.78 is 5.94. The van der Waals surface area contributed by atoms with E-state index in [1.807, 2.05) is 73.3 Å². The molecule has 2 aromatic rings. The molecule has 220 valence electrons. The Labute approximate surface area is 246 Å². The van der Waals surface area contributed by atoms with Crippen LogP contribution in [0.15, 0.2) is 88.4 Å². The van der Waals surface area contributed by atoms with Crippen molar-refractivity contribution in [2.45, 2.75) is 52.2 Å². The molecule has 2 atom stereocenters. The Morgan fingerprint density at radius 2 is 1.83 bits per heavy atom. The highest BCUT2D eigenvalue weighted by Gasteiger charge is 2.54. The van der Waals surface area contributed by atoms with Gasteiger partial charge < -0.3 is 15.6 Å². The molecular weight excluding hydrogens is 532 g/mol. The molecule has 0 saturated heterocycles. The zero-order valence-corrected chi connectivity index (χ0v) is 24.1. The minimum Gasteiger partial charge on any atom is -0.489 e. The van der Waals surface area contributed by atoms with Gasteiger partial charge in [-0.3, -0.25) is 19.5 Å². The third-order valence-electron chi connectivity index (χ3n) is 8.82. The van der Waals surface area contributed by atoms with Crippen LogP contribution < -0.4 is 16.3 Å². The van der Waals surface area contributed by atoms with Crippen LogP contribution in [0.3, 0.4) is 0 Å². The molecule has 10 nitrogen and oxygen atoms in total. The Kier molecular flexibility index (Phi) is 8.40. The molecule has 1 aliphatic carbocycles. The molecule has 3 aliphatic rings. The van der Waals surface area contributed by atoms with Crippen LogP contribution in [0.1, 0.15) is 50.7 Å². The van der Waals surface area contributed by atoms with Crippen molar-refractivity contribution in [3.8, 4) is 5.75 Å². The summed E-state index contributed by atoms with van der Waals surface area (Å²) in [6.07, 6.45) is 6.87. The summed E-state index contributed by atoms with van der Waals surface area (Å²) in [6, 6.07) is 16.8. The van der Waals surface area contributed by atoms with E-state index in [9.17, 15) is 14.7 Å². The fourth-order valence-corrected chi connectivity index (χ4v) is 6.57. The van der Waals surface area contributed by atoms with E-state index >= 15 is 0 Å². The number of nitrogens with two attached hydrogens (primary N) is 2. The number of aliphatic imine (C=N–C) groups is 2. The van der Waals surface area contributed by atoms with E-state index < -0.39 is 23.3 Å². The first-order valence-corrected chi connectivity index (χ1v) is 14.5. The van der Waals surface area contributed by atoms with E-state index in [0.717, 1.165) is 22.5 Å². The lowest BCUT2D eigenvalue weighted by Gasteiger charge is -2.44. The molecule has 5 N–H and O–H groups in total. The number of nitrogens with zero attached hydrogens (tertiary/aromatic N) is 4. The van der Waals surface area contributed by atoms with Crippen LogP contribution in [0.4, 0.5) is 0 Å². The lowest BCUT2D eigenvalue weighted by atomic mass is 9.65. The first kappa shape index (κ1) is 29.4. The van der Waals surface area contributed by atoms with Gasteiger partial charge in [0.15, 0.2) is 0 Å². The van der Waals surface area contributed by atoms with Crippen molar-refractivity contribution in [2.75, 3.05) is 13.1 Å². The fourth-order valence-electron chi connectivity index (χ4n) is 6.57. The molecule has 0 aromatic heterocycles. The van der Waals surface area contributed by atoms with Crippen molar-refractivity contribution in [1.82, 2.24) is 4.90 Å². The van der Waals surface area contributed by atoms with Crippen molar-refractivity contribution in [1.29, 1.82) is 0 Å². The topological polar surface area (TPSA) is 144 Å². The molecule has 0 bridgehead atoms. The highest BCUT2D eigenvalue weighted by atomic mass is 16.5. The molecule has 0 radical (unpaired) electrons. The van der Waals surface area contributed by atoms with Crippen LogP contribution in [-0.2, 0) is 16.2 Å². The van der Waals surface area contributed by atoms with E-state index in [1.165, 1.54) is 0 Å². The van der Waals surface area contributed by atoms with Crippen LogP contribution in [0, 0.1) is 11.3 Å². The fraction of sp³-hybridized carbons (Fsp3) is 0.375. The predicted octanol–water partition coefficient (Wildman–Crippen LogP) is 3.94. The molecule has 2 heterocycles. The zero-order chi connectivity index (χ0) is 29.9. The monoisotopic (exact) mass is 571 g/mol. The van der Waals surface area contributed by atoms with Crippen LogP contribution in [0.5, 0.6) is 5.75 Å². The summed E-state index contributed by atoms with van der Waals surface area (Å²) in [5.41, 5.74) is 8.01. The van der Waals surface area contributed by atoms with Gasteiger partial charge in [-0.15, -0.1) is 4.59 Å². The number of carbonyl (C=O) groups excluding carboxylic acids is 1. The highest BCUT2D eigenvalue weighted by Crippen LogP contribution is 2.48. The normalized spacial score (nSPS) is 25.7. The van der Waals surface area contributed by atoms with Crippen molar-refractivity contribution in [2.24, 2.45) is 32.9 Å². The lowest BCUT2D eigenvalue weighted by Crippen LogP contribution is -2.59. The molecule has 0 spiro atoms. The molecule has 5 rings (SSSR count). The number of aliphatic carboxylic acids is 1. The van der Waals surface area contributed by atoms with E-state index in [4.69, 9.17) is 21.3 Å². The first-order valence-electron chi connectivity index (χ1n) is 14.5. The summed E-state index contributed by atoms with van der Waals surface area (Å²) in [4.78, 5) is 36.7. The number of quaternary nitrogens is 1. The van der Waals surface area contributed by atoms with Gasteiger partial charge in [0.05, 0.1) is 23.4 Å². The Morgan fingerprint density at radius 1 is 1.12 bits per heavy atom. The van der Waals surface area contributed by atoms with Crippen molar-refractivity contribution in [3.05, 3.63) is 89.5 Å². The average Bonchev–Trinajstić information content (AvgIpc) is 3.32. The predicted molar refractivity (Wildman–Crippen MR) is 161 cm³/mol. The lowest BCUT2D eigenvalue weighted by molar-refractivity contribution is -0.750. The number of rotatable bonds is 11. The number of carboxylic acids is 1. The minimum atomic E-state index is -1.26. The summed E-state index contributed by atoms with van der Waals surface area (Å²) in [5.74, 6) is 6.70. The number of allylic oxidation sites excluding steroid dienone is 2.